The monoisotopic (exact) mass is 567 g/mol. The van der Waals surface area contributed by atoms with Crippen LogP contribution in [0.4, 0.5) is 24.2 Å². The molecule has 3 atom stereocenters. The van der Waals surface area contributed by atoms with Crippen LogP contribution >= 0.6 is 11.6 Å². The highest BCUT2D eigenvalue weighted by atomic mass is 35.5. The number of nitrogens with zero attached hydrogens (tertiary/aromatic N) is 2. The van der Waals surface area contributed by atoms with Crippen LogP contribution in [0.15, 0.2) is 77.7 Å². The zero-order valence-electron chi connectivity index (χ0n) is 20.2. The summed E-state index contributed by atoms with van der Waals surface area (Å²) < 4.78 is 43.1. The fourth-order valence-electron chi connectivity index (χ4n) is 3.36. The number of alkyl halides is 2. The van der Waals surface area contributed by atoms with E-state index < -0.39 is 48.2 Å². The number of hydrogen-bond donors (Lipinski definition) is 3. The van der Waals surface area contributed by atoms with E-state index in [0.29, 0.717) is 4.57 Å². The van der Waals surface area contributed by atoms with Crippen LogP contribution in [0.5, 0.6) is 0 Å². The SMILES string of the molecule is O=C(Cl)OCc1ccccc1.O=C(Nc1ccn(C2OC(CO)C(O)C2(F)F)c(=O)n1)OCc1ccccc1. The number of carbonyl (C=O) groups is 2. The number of amides is 1. The lowest BCUT2D eigenvalue weighted by Gasteiger charge is -2.21. The van der Waals surface area contributed by atoms with E-state index in [0.717, 1.165) is 23.4 Å². The smallest absolute Gasteiger partial charge is 0.413 e. The summed E-state index contributed by atoms with van der Waals surface area (Å²) in [4.78, 5) is 37.5. The van der Waals surface area contributed by atoms with Gasteiger partial charge in [-0.15, -0.1) is 0 Å². The summed E-state index contributed by atoms with van der Waals surface area (Å²) in [6.07, 6.45) is -5.91. The highest BCUT2D eigenvalue weighted by molar-refractivity contribution is 6.61. The first-order valence-electron chi connectivity index (χ1n) is 11.4. The Bertz CT molecular complexity index is 1300. The minimum absolute atomic E-state index is 0.00763. The number of carbonyl (C=O) groups excluding carboxylic acids is 2. The molecule has 1 saturated heterocycles. The molecule has 1 fully saturated rings. The maximum Gasteiger partial charge on any atom is 0.413 e. The Labute approximate surface area is 225 Å². The molecule has 1 aliphatic heterocycles. The number of nitrogens with one attached hydrogen (secondary N) is 1. The van der Waals surface area contributed by atoms with E-state index in [2.05, 4.69) is 15.0 Å². The van der Waals surface area contributed by atoms with Gasteiger partial charge in [-0.25, -0.2) is 14.4 Å². The van der Waals surface area contributed by atoms with Crippen LogP contribution in [0.1, 0.15) is 17.4 Å². The Morgan fingerprint density at radius 3 is 2.08 bits per heavy atom. The lowest BCUT2D eigenvalue weighted by molar-refractivity contribution is -0.140. The van der Waals surface area contributed by atoms with Crippen molar-refractivity contribution in [2.45, 2.75) is 37.6 Å². The molecule has 4 rings (SSSR count). The molecule has 2 aromatic carbocycles. The Balaban J connectivity index is 0.000000320. The molecule has 3 N–H and O–H groups in total. The first-order chi connectivity index (χ1) is 18.6. The standard InChI is InChI=1S/C17H17F2N3O6.C8H7ClO2/c18-17(19)13(24)11(8-23)28-14(17)22-7-6-12(20-15(22)25)21-16(26)27-9-10-4-2-1-3-5-10;9-8(10)11-6-7-4-2-1-3-5-7/h1-7,11,13-14,23-24H,8-9H2,(H,20,21,25,26);1-5H,6H2. The van der Waals surface area contributed by atoms with Gasteiger partial charge in [-0.05, 0) is 17.2 Å². The van der Waals surface area contributed by atoms with Gasteiger partial charge in [0.1, 0.15) is 25.1 Å². The number of aliphatic hydroxyl groups is 2. The Morgan fingerprint density at radius 2 is 1.59 bits per heavy atom. The summed E-state index contributed by atoms with van der Waals surface area (Å²) in [7, 11) is 0. The maximum atomic E-state index is 14.1. The summed E-state index contributed by atoms with van der Waals surface area (Å²) >= 11 is 4.97. The van der Waals surface area contributed by atoms with Crippen molar-refractivity contribution in [2.75, 3.05) is 11.9 Å². The van der Waals surface area contributed by atoms with Crippen molar-refractivity contribution in [1.82, 2.24) is 9.55 Å². The van der Waals surface area contributed by atoms with Gasteiger partial charge in [0, 0.05) is 17.8 Å². The molecule has 39 heavy (non-hydrogen) atoms. The first kappa shape index (κ1) is 29.6. The highest BCUT2D eigenvalue weighted by Gasteiger charge is 2.59. The second kappa shape index (κ2) is 13.8. The van der Waals surface area contributed by atoms with Gasteiger partial charge in [0.15, 0.2) is 6.10 Å². The Morgan fingerprint density at radius 1 is 1.03 bits per heavy atom. The number of hydrogen-bond acceptors (Lipinski definition) is 9. The molecule has 3 aromatic rings. The molecule has 0 aliphatic carbocycles. The van der Waals surface area contributed by atoms with Crippen molar-refractivity contribution >= 4 is 28.9 Å². The fraction of sp³-hybridized carbons (Fsp3) is 0.280. The van der Waals surface area contributed by atoms with Crippen molar-refractivity contribution in [3.05, 3.63) is 94.5 Å². The van der Waals surface area contributed by atoms with E-state index >= 15 is 0 Å². The van der Waals surface area contributed by atoms with Crippen LogP contribution in [0, 0.1) is 0 Å². The number of aromatic nitrogens is 2. The van der Waals surface area contributed by atoms with Crippen LogP contribution < -0.4 is 11.0 Å². The molecule has 3 unspecified atom stereocenters. The van der Waals surface area contributed by atoms with Gasteiger partial charge in [0.05, 0.1) is 6.61 Å². The average molecular weight is 568 g/mol. The maximum absolute atomic E-state index is 14.1. The molecule has 0 radical (unpaired) electrons. The number of aliphatic hydroxyl groups excluding tert-OH is 2. The highest BCUT2D eigenvalue weighted by Crippen LogP contribution is 2.41. The topological polar surface area (TPSA) is 149 Å². The van der Waals surface area contributed by atoms with Gasteiger partial charge in [0.25, 0.3) is 0 Å². The molecule has 1 amide bonds. The van der Waals surface area contributed by atoms with E-state index in [1.165, 1.54) is 0 Å². The van der Waals surface area contributed by atoms with Crippen LogP contribution in [0.3, 0.4) is 0 Å². The lowest BCUT2D eigenvalue weighted by Crippen LogP contribution is -2.41. The lowest BCUT2D eigenvalue weighted by atomic mass is 10.1. The third kappa shape index (κ3) is 8.29. The summed E-state index contributed by atoms with van der Waals surface area (Å²) in [6, 6.07) is 19.3. The van der Waals surface area contributed by atoms with Crippen LogP contribution in [-0.4, -0.2) is 56.0 Å². The molecular weight excluding hydrogens is 544 g/mol. The number of ether oxygens (including phenoxy) is 3. The summed E-state index contributed by atoms with van der Waals surface area (Å²) in [5.74, 6) is -4.03. The van der Waals surface area contributed by atoms with Crippen molar-refractivity contribution in [1.29, 1.82) is 0 Å². The van der Waals surface area contributed by atoms with Crippen LogP contribution in [0.25, 0.3) is 0 Å². The van der Waals surface area contributed by atoms with Crippen molar-refractivity contribution in [3.8, 4) is 0 Å². The third-order valence-corrected chi connectivity index (χ3v) is 5.39. The van der Waals surface area contributed by atoms with Gasteiger partial charge in [-0.3, -0.25) is 9.88 Å². The van der Waals surface area contributed by atoms with Crippen LogP contribution in [0.2, 0.25) is 0 Å². The molecule has 11 nitrogen and oxygen atoms in total. The molecule has 0 saturated carbocycles. The van der Waals surface area contributed by atoms with Gasteiger partial charge in [-0.1, -0.05) is 60.7 Å². The van der Waals surface area contributed by atoms with Gasteiger partial charge < -0.3 is 24.4 Å². The predicted molar refractivity (Wildman–Crippen MR) is 133 cm³/mol. The molecule has 1 aliphatic rings. The number of anilines is 1. The third-order valence-electron chi connectivity index (χ3n) is 5.28. The van der Waals surface area contributed by atoms with Crippen molar-refractivity contribution in [3.63, 3.8) is 0 Å². The van der Waals surface area contributed by atoms with E-state index in [-0.39, 0.29) is 19.0 Å². The quantitative estimate of drug-likeness (QED) is 0.365. The fourth-order valence-corrected chi connectivity index (χ4v) is 3.41. The summed E-state index contributed by atoms with van der Waals surface area (Å²) in [6.45, 7) is -0.613. The zero-order valence-corrected chi connectivity index (χ0v) is 20.9. The molecule has 0 spiro atoms. The van der Waals surface area contributed by atoms with E-state index in [4.69, 9.17) is 26.2 Å². The van der Waals surface area contributed by atoms with Gasteiger partial charge >= 0.3 is 23.1 Å². The largest absolute Gasteiger partial charge is 0.449 e. The molecule has 14 heteroatoms. The molecule has 208 valence electrons. The second-order valence-electron chi connectivity index (χ2n) is 8.03. The normalized spacial score (nSPS) is 19.4. The summed E-state index contributed by atoms with van der Waals surface area (Å²) in [5.41, 5.74) is -0.231. The summed E-state index contributed by atoms with van der Waals surface area (Å²) in [5, 5.41) is 20.7. The Hall–Kier alpha value is -3.91. The van der Waals surface area contributed by atoms with Crippen molar-refractivity contribution < 1.29 is 42.8 Å². The van der Waals surface area contributed by atoms with E-state index in [1.54, 1.807) is 24.3 Å². The number of halogens is 3. The van der Waals surface area contributed by atoms with Crippen molar-refractivity contribution in [2.24, 2.45) is 0 Å². The molecule has 1 aromatic heterocycles. The molecule has 2 heterocycles. The molecule has 0 bridgehead atoms. The minimum atomic E-state index is -3.82. The molecular formula is C25H24ClF2N3O8. The van der Waals surface area contributed by atoms with Gasteiger partial charge in [-0.2, -0.15) is 13.8 Å². The Kier molecular flexibility index (Phi) is 10.5. The number of benzene rings is 2. The zero-order chi connectivity index (χ0) is 28.4. The first-order valence-corrected chi connectivity index (χ1v) is 11.7. The van der Waals surface area contributed by atoms with Crippen LogP contribution in [-0.2, 0) is 27.4 Å². The van der Waals surface area contributed by atoms with E-state index in [1.807, 2.05) is 36.4 Å². The van der Waals surface area contributed by atoms with E-state index in [9.17, 15) is 28.3 Å². The second-order valence-corrected chi connectivity index (χ2v) is 8.34. The number of rotatable bonds is 7. The van der Waals surface area contributed by atoms with Gasteiger partial charge in [0.2, 0.25) is 6.23 Å². The average Bonchev–Trinajstić information content (AvgIpc) is 3.16. The predicted octanol–water partition coefficient (Wildman–Crippen LogP) is 3.44. The minimum Gasteiger partial charge on any atom is -0.449 e.